The molecule has 20 heavy (non-hydrogen) atoms. The molecule has 1 aliphatic heterocycles. The highest BCUT2D eigenvalue weighted by Crippen LogP contribution is 2.31. The molecule has 0 radical (unpaired) electrons. The van der Waals surface area contributed by atoms with Gasteiger partial charge in [-0.2, -0.15) is 0 Å². The Morgan fingerprint density at radius 3 is 2.85 bits per heavy atom. The van der Waals surface area contributed by atoms with Crippen LogP contribution in [0.5, 0.6) is 0 Å². The van der Waals surface area contributed by atoms with Gasteiger partial charge in [0, 0.05) is 30.9 Å². The van der Waals surface area contributed by atoms with Gasteiger partial charge in [-0.25, -0.2) is 4.79 Å². The number of hydrogen-bond acceptors (Lipinski definition) is 4. The molecule has 108 valence electrons. The van der Waals surface area contributed by atoms with Gasteiger partial charge in [0.2, 0.25) is 0 Å². The van der Waals surface area contributed by atoms with Gasteiger partial charge >= 0.3 is 5.97 Å². The maximum absolute atomic E-state index is 11.9. The number of carbonyl (C=O) groups is 1. The van der Waals surface area contributed by atoms with Gasteiger partial charge in [-0.1, -0.05) is 11.6 Å². The molecule has 1 saturated heterocycles. The van der Waals surface area contributed by atoms with Gasteiger partial charge in [-0.05, 0) is 38.3 Å². The van der Waals surface area contributed by atoms with Crippen molar-refractivity contribution < 1.29 is 9.53 Å². The van der Waals surface area contributed by atoms with Crippen LogP contribution in [0.1, 0.15) is 35.2 Å². The molecule has 0 spiro atoms. The number of aryl methyl sites for hydroxylation is 1. The van der Waals surface area contributed by atoms with Gasteiger partial charge in [0.15, 0.2) is 0 Å². The maximum atomic E-state index is 11.9. The van der Waals surface area contributed by atoms with E-state index in [1.165, 1.54) is 26.5 Å². The van der Waals surface area contributed by atoms with Gasteiger partial charge in [0.25, 0.3) is 0 Å². The van der Waals surface area contributed by atoms with Crippen molar-refractivity contribution in [3.8, 4) is 0 Å². The van der Waals surface area contributed by atoms with Crippen LogP contribution in [0.25, 0.3) is 0 Å². The smallest absolute Gasteiger partial charge is 0.339 e. The van der Waals surface area contributed by atoms with Crippen LogP contribution in [-0.4, -0.2) is 43.2 Å². The van der Waals surface area contributed by atoms with E-state index < -0.39 is 0 Å². The summed E-state index contributed by atoms with van der Waals surface area (Å²) < 4.78 is 4.88. The third-order valence-corrected chi connectivity index (χ3v) is 4.22. The molecular formula is C16H22N2O2. The highest BCUT2D eigenvalue weighted by molar-refractivity contribution is 5.95. The Labute approximate surface area is 120 Å². The van der Waals surface area contributed by atoms with E-state index in [0.29, 0.717) is 11.6 Å². The number of rotatable bonds is 4. The van der Waals surface area contributed by atoms with Crippen molar-refractivity contribution in [2.45, 2.75) is 38.3 Å². The van der Waals surface area contributed by atoms with Crippen LogP contribution in [-0.2, 0) is 4.74 Å². The Bertz CT molecular complexity index is 511. The van der Waals surface area contributed by atoms with E-state index in [2.05, 4.69) is 10.2 Å². The Morgan fingerprint density at radius 1 is 1.35 bits per heavy atom. The van der Waals surface area contributed by atoms with E-state index in [9.17, 15) is 4.79 Å². The first kappa shape index (κ1) is 13.4. The lowest BCUT2D eigenvalue weighted by molar-refractivity contribution is 0.0601. The van der Waals surface area contributed by atoms with Crippen molar-refractivity contribution in [2.24, 2.45) is 0 Å². The van der Waals surface area contributed by atoms with Crippen LogP contribution < -0.4 is 5.32 Å². The average molecular weight is 274 g/mol. The molecule has 1 heterocycles. The molecule has 1 atom stereocenters. The molecule has 1 aromatic carbocycles. The Kier molecular flexibility index (Phi) is 3.66. The molecule has 1 aliphatic carbocycles. The zero-order chi connectivity index (χ0) is 14.1. The SMILES string of the molecule is COC(=O)c1cc(C)ccc1NC1CCN(C2CC2)C1. The molecule has 4 nitrogen and oxygen atoms in total. The summed E-state index contributed by atoms with van der Waals surface area (Å²) in [6.07, 6.45) is 3.85. The molecular weight excluding hydrogens is 252 g/mol. The van der Waals surface area contributed by atoms with Crippen LogP contribution in [0.3, 0.4) is 0 Å². The summed E-state index contributed by atoms with van der Waals surface area (Å²) in [5.41, 5.74) is 2.60. The van der Waals surface area contributed by atoms with Gasteiger partial charge in [0.1, 0.15) is 0 Å². The second-order valence-electron chi connectivity index (χ2n) is 5.90. The summed E-state index contributed by atoms with van der Waals surface area (Å²) in [7, 11) is 1.43. The molecule has 2 fully saturated rings. The number of methoxy groups -OCH3 is 1. The zero-order valence-corrected chi connectivity index (χ0v) is 12.2. The van der Waals surface area contributed by atoms with Crippen molar-refractivity contribution >= 4 is 11.7 Å². The van der Waals surface area contributed by atoms with Crippen LogP contribution in [0.2, 0.25) is 0 Å². The first-order valence-corrected chi connectivity index (χ1v) is 7.37. The molecule has 1 N–H and O–H groups in total. The molecule has 3 rings (SSSR count). The van der Waals surface area contributed by atoms with Gasteiger partial charge in [-0.3, -0.25) is 4.90 Å². The third-order valence-electron chi connectivity index (χ3n) is 4.22. The van der Waals surface area contributed by atoms with Gasteiger partial charge < -0.3 is 10.1 Å². The second kappa shape index (κ2) is 5.44. The summed E-state index contributed by atoms with van der Waals surface area (Å²) in [6, 6.07) is 7.16. The van der Waals surface area contributed by atoms with E-state index in [-0.39, 0.29) is 5.97 Å². The number of carbonyl (C=O) groups excluding carboxylic acids is 1. The predicted molar refractivity (Wildman–Crippen MR) is 79.1 cm³/mol. The minimum atomic E-state index is -0.270. The molecule has 0 aromatic heterocycles. The largest absolute Gasteiger partial charge is 0.465 e. The lowest BCUT2D eigenvalue weighted by Crippen LogP contribution is -2.28. The molecule has 2 aliphatic rings. The van der Waals surface area contributed by atoms with Crippen LogP contribution >= 0.6 is 0 Å². The quantitative estimate of drug-likeness (QED) is 0.856. The Morgan fingerprint density at radius 2 is 2.15 bits per heavy atom. The van der Waals surface area contributed by atoms with Crippen molar-refractivity contribution in [3.63, 3.8) is 0 Å². The van der Waals surface area contributed by atoms with E-state index in [1.807, 2.05) is 25.1 Å². The summed E-state index contributed by atoms with van der Waals surface area (Å²) >= 11 is 0. The number of nitrogens with zero attached hydrogens (tertiary/aromatic N) is 1. The highest BCUT2D eigenvalue weighted by atomic mass is 16.5. The van der Waals surface area contributed by atoms with Crippen molar-refractivity contribution in [3.05, 3.63) is 29.3 Å². The fraction of sp³-hybridized carbons (Fsp3) is 0.562. The van der Waals surface area contributed by atoms with Crippen molar-refractivity contribution in [2.75, 3.05) is 25.5 Å². The number of esters is 1. The topological polar surface area (TPSA) is 41.6 Å². The zero-order valence-electron chi connectivity index (χ0n) is 12.2. The van der Waals surface area contributed by atoms with Gasteiger partial charge in [-0.15, -0.1) is 0 Å². The molecule has 1 unspecified atom stereocenters. The monoisotopic (exact) mass is 274 g/mol. The first-order chi connectivity index (χ1) is 9.67. The van der Waals surface area contributed by atoms with Crippen molar-refractivity contribution in [1.82, 2.24) is 4.90 Å². The highest BCUT2D eigenvalue weighted by Gasteiger charge is 2.34. The summed E-state index contributed by atoms with van der Waals surface area (Å²) in [5, 5.41) is 3.52. The number of benzene rings is 1. The maximum Gasteiger partial charge on any atom is 0.339 e. The minimum Gasteiger partial charge on any atom is -0.465 e. The van der Waals surface area contributed by atoms with Crippen LogP contribution in [0, 0.1) is 6.92 Å². The van der Waals surface area contributed by atoms with Crippen LogP contribution in [0.15, 0.2) is 18.2 Å². The van der Waals surface area contributed by atoms with Gasteiger partial charge in [0.05, 0.1) is 12.7 Å². The number of anilines is 1. The lowest BCUT2D eigenvalue weighted by Gasteiger charge is -2.18. The number of hydrogen-bond donors (Lipinski definition) is 1. The minimum absolute atomic E-state index is 0.270. The fourth-order valence-corrected chi connectivity index (χ4v) is 2.96. The summed E-state index contributed by atoms with van der Waals surface area (Å²) in [4.78, 5) is 14.4. The Hall–Kier alpha value is -1.55. The normalized spacial score (nSPS) is 22.8. The Balaban J connectivity index is 1.71. The van der Waals surface area contributed by atoms with Crippen molar-refractivity contribution in [1.29, 1.82) is 0 Å². The molecule has 4 heteroatoms. The average Bonchev–Trinajstić information content (AvgIpc) is 3.20. The van der Waals surface area contributed by atoms with E-state index >= 15 is 0 Å². The second-order valence-corrected chi connectivity index (χ2v) is 5.90. The van der Waals surface area contributed by atoms with E-state index in [1.54, 1.807) is 0 Å². The molecule has 1 saturated carbocycles. The molecule has 0 bridgehead atoms. The lowest BCUT2D eigenvalue weighted by atomic mass is 10.1. The molecule has 0 amide bonds. The van der Waals surface area contributed by atoms with Crippen LogP contribution in [0.4, 0.5) is 5.69 Å². The standard InChI is InChI=1S/C16H22N2O2/c1-11-3-6-15(14(9-11)16(19)20-2)17-12-7-8-18(10-12)13-4-5-13/h3,6,9,12-13,17H,4-5,7-8,10H2,1-2H3. The van der Waals surface area contributed by atoms with E-state index in [4.69, 9.17) is 4.74 Å². The summed E-state index contributed by atoms with van der Waals surface area (Å²) in [6.45, 7) is 4.24. The number of likely N-dealkylation sites (tertiary alicyclic amines) is 1. The number of ether oxygens (including phenoxy) is 1. The summed E-state index contributed by atoms with van der Waals surface area (Å²) in [5.74, 6) is -0.270. The first-order valence-electron chi connectivity index (χ1n) is 7.37. The van der Waals surface area contributed by atoms with E-state index in [0.717, 1.165) is 30.3 Å². The number of nitrogens with one attached hydrogen (secondary N) is 1. The third kappa shape index (κ3) is 2.80. The fourth-order valence-electron chi connectivity index (χ4n) is 2.96. The predicted octanol–water partition coefficient (Wildman–Crippen LogP) is 2.43. The molecule has 1 aromatic rings.